The summed E-state index contributed by atoms with van der Waals surface area (Å²) >= 11 is 0. The number of pyridine rings is 1. The first kappa shape index (κ1) is 15.9. The van der Waals surface area contributed by atoms with Crippen LogP contribution in [0.3, 0.4) is 0 Å². The van der Waals surface area contributed by atoms with Crippen LogP contribution in [-0.2, 0) is 6.54 Å². The molecule has 3 rings (SSSR count). The molecule has 1 aliphatic heterocycles. The van der Waals surface area contributed by atoms with Gasteiger partial charge in [-0.3, -0.25) is 9.88 Å². The van der Waals surface area contributed by atoms with Crippen molar-refractivity contribution in [3.8, 4) is 5.75 Å². The van der Waals surface area contributed by atoms with Crippen LogP contribution in [-0.4, -0.2) is 40.3 Å². The van der Waals surface area contributed by atoms with Crippen LogP contribution in [0.5, 0.6) is 5.75 Å². The molecule has 23 heavy (non-hydrogen) atoms. The molecule has 122 valence electrons. The molecule has 2 heterocycles. The molecule has 1 N–H and O–H groups in total. The normalized spacial score (nSPS) is 21.5. The summed E-state index contributed by atoms with van der Waals surface area (Å²) in [4.78, 5) is 6.47. The van der Waals surface area contributed by atoms with Crippen molar-refractivity contribution in [3.63, 3.8) is 0 Å². The molecule has 1 aromatic carbocycles. The van der Waals surface area contributed by atoms with E-state index in [1.54, 1.807) is 12.1 Å². The number of ether oxygens (including phenoxy) is 1. The Hall–Kier alpha value is -1.98. The minimum absolute atomic E-state index is 0.166. The number of hydrogen-bond acceptors (Lipinski definition) is 4. The van der Waals surface area contributed by atoms with E-state index in [4.69, 9.17) is 4.74 Å². The van der Waals surface area contributed by atoms with Crippen molar-refractivity contribution in [2.75, 3.05) is 19.7 Å². The van der Waals surface area contributed by atoms with Crippen molar-refractivity contribution in [1.29, 1.82) is 0 Å². The number of benzene rings is 1. The lowest BCUT2D eigenvalue weighted by atomic mass is 10.1. The Balaban J connectivity index is 1.54. The van der Waals surface area contributed by atoms with Gasteiger partial charge in [-0.1, -0.05) is 12.1 Å². The Bertz CT molecular complexity index is 662. The number of rotatable bonds is 5. The second-order valence-electron chi connectivity index (χ2n) is 6.24. The van der Waals surface area contributed by atoms with Gasteiger partial charge in [-0.25, -0.2) is 4.39 Å². The largest absolute Gasteiger partial charge is 0.490 e. The standard InChI is InChI=1S/C18H21FN2O2/c1-14-5-6-15(10-20-14)11-21-8-7-18(22,12-21)13-23-17-4-2-3-16(19)9-17/h2-6,9-10,22H,7-8,11-13H2,1H3. The fraction of sp³-hybridized carbons (Fsp3) is 0.389. The quantitative estimate of drug-likeness (QED) is 0.921. The van der Waals surface area contributed by atoms with Gasteiger partial charge in [-0.05, 0) is 37.1 Å². The molecule has 0 saturated carbocycles. The highest BCUT2D eigenvalue weighted by Crippen LogP contribution is 2.24. The van der Waals surface area contributed by atoms with E-state index >= 15 is 0 Å². The summed E-state index contributed by atoms with van der Waals surface area (Å²) in [5.74, 6) is 0.106. The Morgan fingerprint density at radius 3 is 2.96 bits per heavy atom. The maximum absolute atomic E-state index is 13.1. The topological polar surface area (TPSA) is 45.6 Å². The first-order valence-electron chi connectivity index (χ1n) is 7.77. The summed E-state index contributed by atoms with van der Waals surface area (Å²) in [5, 5.41) is 10.6. The van der Waals surface area contributed by atoms with Gasteiger partial charge in [0.1, 0.15) is 23.8 Å². The lowest BCUT2D eigenvalue weighted by Gasteiger charge is -2.23. The predicted molar refractivity (Wildman–Crippen MR) is 85.7 cm³/mol. The summed E-state index contributed by atoms with van der Waals surface area (Å²) in [6.07, 6.45) is 2.51. The highest BCUT2D eigenvalue weighted by Gasteiger charge is 2.36. The number of likely N-dealkylation sites (tertiary alicyclic amines) is 1. The fourth-order valence-electron chi connectivity index (χ4n) is 2.82. The zero-order valence-electron chi connectivity index (χ0n) is 13.2. The first-order chi connectivity index (χ1) is 11.0. The molecule has 0 amide bonds. The van der Waals surface area contributed by atoms with Crippen molar-refractivity contribution in [2.45, 2.75) is 25.5 Å². The van der Waals surface area contributed by atoms with Crippen LogP contribution in [0.15, 0.2) is 42.6 Å². The number of halogens is 1. The maximum atomic E-state index is 13.1. The Morgan fingerprint density at radius 2 is 2.22 bits per heavy atom. The van der Waals surface area contributed by atoms with E-state index in [0.717, 1.165) is 24.3 Å². The Labute approximate surface area is 135 Å². The molecule has 1 aliphatic rings. The molecule has 1 atom stereocenters. The van der Waals surface area contributed by atoms with E-state index in [2.05, 4.69) is 16.0 Å². The van der Waals surface area contributed by atoms with Crippen molar-refractivity contribution >= 4 is 0 Å². The van der Waals surface area contributed by atoms with E-state index in [1.165, 1.54) is 12.1 Å². The maximum Gasteiger partial charge on any atom is 0.126 e. The number of aliphatic hydroxyl groups is 1. The van der Waals surface area contributed by atoms with Crippen LogP contribution >= 0.6 is 0 Å². The molecule has 0 radical (unpaired) electrons. The molecule has 1 aromatic heterocycles. The zero-order valence-corrected chi connectivity index (χ0v) is 13.2. The molecule has 1 saturated heterocycles. The third kappa shape index (κ3) is 4.27. The summed E-state index contributed by atoms with van der Waals surface area (Å²) in [5.41, 5.74) is 1.23. The van der Waals surface area contributed by atoms with Crippen LogP contribution in [0.2, 0.25) is 0 Å². The van der Waals surface area contributed by atoms with Gasteiger partial charge in [-0.15, -0.1) is 0 Å². The van der Waals surface area contributed by atoms with Gasteiger partial charge in [0.05, 0.1) is 0 Å². The van der Waals surface area contributed by atoms with Gasteiger partial charge in [-0.2, -0.15) is 0 Å². The molecule has 1 unspecified atom stereocenters. The average molecular weight is 316 g/mol. The van der Waals surface area contributed by atoms with E-state index in [9.17, 15) is 9.50 Å². The molecule has 0 bridgehead atoms. The van der Waals surface area contributed by atoms with Crippen LogP contribution in [0.4, 0.5) is 4.39 Å². The van der Waals surface area contributed by atoms with E-state index in [0.29, 0.717) is 18.7 Å². The van der Waals surface area contributed by atoms with Crippen LogP contribution in [0.1, 0.15) is 17.7 Å². The minimum Gasteiger partial charge on any atom is -0.490 e. The minimum atomic E-state index is -0.898. The molecular weight excluding hydrogens is 295 g/mol. The van der Waals surface area contributed by atoms with Crippen LogP contribution in [0.25, 0.3) is 0 Å². The van der Waals surface area contributed by atoms with E-state index in [-0.39, 0.29) is 12.4 Å². The predicted octanol–water partition coefficient (Wildman–Crippen LogP) is 2.54. The average Bonchev–Trinajstić information content (AvgIpc) is 2.90. The lowest BCUT2D eigenvalue weighted by Crippen LogP contribution is -2.39. The van der Waals surface area contributed by atoms with Gasteiger partial charge in [0.15, 0.2) is 0 Å². The van der Waals surface area contributed by atoms with E-state index < -0.39 is 5.60 Å². The van der Waals surface area contributed by atoms with Crippen molar-refractivity contribution in [1.82, 2.24) is 9.88 Å². The zero-order chi connectivity index (χ0) is 16.3. The number of aromatic nitrogens is 1. The molecule has 5 heteroatoms. The molecule has 2 aromatic rings. The summed E-state index contributed by atoms with van der Waals surface area (Å²) in [7, 11) is 0. The van der Waals surface area contributed by atoms with Crippen molar-refractivity contribution in [3.05, 3.63) is 59.7 Å². The van der Waals surface area contributed by atoms with Gasteiger partial charge < -0.3 is 9.84 Å². The highest BCUT2D eigenvalue weighted by atomic mass is 19.1. The molecule has 4 nitrogen and oxygen atoms in total. The third-order valence-electron chi connectivity index (χ3n) is 4.09. The second-order valence-corrected chi connectivity index (χ2v) is 6.24. The fourth-order valence-corrected chi connectivity index (χ4v) is 2.82. The highest BCUT2D eigenvalue weighted by molar-refractivity contribution is 5.22. The SMILES string of the molecule is Cc1ccc(CN2CCC(O)(COc3cccc(F)c3)C2)cn1. The van der Waals surface area contributed by atoms with Gasteiger partial charge in [0.2, 0.25) is 0 Å². The first-order valence-corrected chi connectivity index (χ1v) is 7.77. The number of hydrogen-bond donors (Lipinski definition) is 1. The summed E-state index contributed by atoms with van der Waals surface area (Å²) < 4.78 is 18.7. The Morgan fingerprint density at radius 1 is 1.35 bits per heavy atom. The number of nitrogens with zero attached hydrogens (tertiary/aromatic N) is 2. The van der Waals surface area contributed by atoms with E-state index in [1.807, 2.05) is 19.2 Å². The summed E-state index contributed by atoms with van der Waals surface area (Å²) in [6, 6.07) is 10.0. The molecule has 0 aliphatic carbocycles. The number of β-amino-alcohol motifs (C(OH)–C–C–N with tert-alkyl or cyclic N) is 1. The lowest BCUT2D eigenvalue weighted by molar-refractivity contribution is 0.00328. The van der Waals surface area contributed by atoms with Gasteiger partial charge in [0.25, 0.3) is 0 Å². The third-order valence-corrected chi connectivity index (χ3v) is 4.09. The molecular formula is C18H21FN2O2. The van der Waals surface area contributed by atoms with Crippen LogP contribution < -0.4 is 4.74 Å². The Kier molecular flexibility index (Phi) is 4.59. The smallest absolute Gasteiger partial charge is 0.126 e. The molecule has 0 spiro atoms. The van der Waals surface area contributed by atoms with Gasteiger partial charge in [0, 0.05) is 37.6 Å². The second kappa shape index (κ2) is 6.64. The number of aryl methyl sites for hydroxylation is 1. The van der Waals surface area contributed by atoms with Crippen LogP contribution in [0, 0.1) is 12.7 Å². The summed E-state index contributed by atoms with van der Waals surface area (Å²) in [6.45, 7) is 4.23. The van der Waals surface area contributed by atoms with Crippen molar-refractivity contribution < 1.29 is 14.2 Å². The molecule has 1 fully saturated rings. The monoisotopic (exact) mass is 316 g/mol. The van der Waals surface area contributed by atoms with Gasteiger partial charge >= 0.3 is 0 Å². The van der Waals surface area contributed by atoms with Crippen molar-refractivity contribution in [2.24, 2.45) is 0 Å².